The molecular formula is C36H22N4. The van der Waals surface area contributed by atoms with Crippen molar-refractivity contribution in [2.24, 2.45) is 0 Å². The van der Waals surface area contributed by atoms with Crippen LogP contribution in [0.25, 0.3) is 77.4 Å². The highest BCUT2D eigenvalue weighted by Crippen LogP contribution is 2.33. The van der Waals surface area contributed by atoms with Crippen LogP contribution in [-0.4, -0.2) is 19.9 Å². The summed E-state index contributed by atoms with van der Waals surface area (Å²) in [6, 6.07) is 43.9. The van der Waals surface area contributed by atoms with Gasteiger partial charge in [-0.1, -0.05) is 97.1 Å². The SMILES string of the molecule is c1cc(-c2ccc3ccc4cccnc4c3n2)cc(-c2nc(-c3ccc4ccccc4c3)nc3ccccc23)c1. The molecule has 0 fully saturated rings. The summed E-state index contributed by atoms with van der Waals surface area (Å²) >= 11 is 0. The zero-order valence-electron chi connectivity index (χ0n) is 21.5. The predicted molar refractivity (Wildman–Crippen MR) is 164 cm³/mol. The number of aromatic nitrogens is 4. The molecule has 0 amide bonds. The third-order valence-corrected chi connectivity index (χ3v) is 7.47. The highest BCUT2D eigenvalue weighted by Gasteiger charge is 2.13. The number of hydrogen-bond donors (Lipinski definition) is 0. The normalized spacial score (nSPS) is 11.5. The lowest BCUT2D eigenvalue weighted by Crippen LogP contribution is -1.96. The first-order chi connectivity index (χ1) is 19.8. The summed E-state index contributed by atoms with van der Waals surface area (Å²) in [5.41, 5.74) is 7.61. The second kappa shape index (κ2) is 9.07. The molecule has 4 nitrogen and oxygen atoms in total. The lowest BCUT2D eigenvalue weighted by molar-refractivity contribution is 1.23. The maximum Gasteiger partial charge on any atom is 0.160 e. The topological polar surface area (TPSA) is 51.6 Å². The first kappa shape index (κ1) is 22.5. The molecule has 4 heteroatoms. The van der Waals surface area contributed by atoms with Crippen LogP contribution in [0.3, 0.4) is 0 Å². The quantitative estimate of drug-likeness (QED) is 0.223. The first-order valence-corrected chi connectivity index (χ1v) is 13.3. The number of benzene rings is 5. The molecule has 0 saturated carbocycles. The fraction of sp³-hybridized carbons (Fsp3) is 0. The molecule has 0 radical (unpaired) electrons. The summed E-state index contributed by atoms with van der Waals surface area (Å²) in [7, 11) is 0. The van der Waals surface area contributed by atoms with Crippen LogP contribution in [0.15, 0.2) is 134 Å². The van der Waals surface area contributed by atoms with Crippen molar-refractivity contribution in [1.29, 1.82) is 0 Å². The zero-order valence-corrected chi connectivity index (χ0v) is 21.5. The van der Waals surface area contributed by atoms with E-state index in [1.54, 1.807) is 0 Å². The second-order valence-electron chi connectivity index (χ2n) is 9.96. The van der Waals surface area contributed by atoms with E-state index in [2.05, 4.69) is 114 Å². The van der Waals surface area contributed by atoms with Crippen molar-refractivity contribution in [2.75, 3.05) is 0 Å². The Bertz CT molecular complexity index is 2240. The second-order valence-corrected chi connectivity index (χ2v) is 9.96. The van der Waals surface area contributed by atoms with Gasteiger partial charge in [0, 0.05) is 39.0 Å². The van der Waals surface area contributed by atoms with Crippen LogP contribution in [-0.2, 0) is 0 Å². The molecule has 0 spiro atoms. The summed E-state index contributed by atoms with van der Waals surface area (Å²) in [4.78, 5) is 19.8. The molecule has 0 saturated heterocycles. The van der Waals surface area contributed by atoms with Gasteiger partial charge in [0.1, 0.15) is 0 Å². The summed E-state index contributed by atoms with van der Waals surface area (Å²) in [6.07, 6.45) is 1.82. The van der Waals surface area contributed by atoms with Gasteiger partial charge in [-0.15, -0.1) is 0 Å². The van der Waals surface area contributed by atoms with Crippen LogP contribution in [0.2, 0.25) is 0 Å². The standard InChI is InChI=1S/C36H22N4/c1-2-8-26-21-29(17-14-23(26)7-1)36-39-32-13-4-3-12-30(32)33(40-36)28-10-5-9-27(22-28)31-19-18-25-16-15-24-11-6-20-37-34(24)35(25)38-31/h1-22H. The van der Waals surface area contributed by atoms with Gasteiger partial charge in [-0.05, 0) is 41.1 Å². The van der Waals surface area contributed by atoms with Crippen molar-refractivity contribution in [2.45, 2.75) is 0 Å². The molecule has 3 heterocycles. The van der Waals surface area contributed by atoms with Crippen LogP contribution >= 0.6 is 0 Å². The molecule has 8 rings (SSSR count). The van der Waals surface area contributed by atoms with Gasteiger partial charge >= 0.3 is 0 Å². The lowest BCUT2D eigenvalue weighted by atomic mass is 10.0. The molecule has 3 aromatic heterocycles. The highest BCUT2D eigenvalue weighted by molar-refractivity contribution is 6.03. The van der Waals surface area contributed by atoms with E-state index < -0.39 is 0 Å². The summed E-state index contributed by atoms with van der Waals surface area (Å²) in [5.74, 6) is 0.714. The van der Waals surface area contributed by atoms with Crippen LogP contribution in [0.1, 0.15) is 0 Å². The Balaban J connectivity index is 1.29. The highest BCUT2D eigenvalue weighted by atomic mass is 14.9. The molecule has 0 aliphatic rings. The van der Waals surface area contributed by atoms with Crippen molar-refractivity contribution in [3.63, 3.8) is 0 Å². The van der Waals surface area contributed by atoms with E-state index in [-0.39, 0.29) is 0 Å². The van der Waals surface area contributed by atoms with E-state index in [0.717, 1.165) is 60.8 Å². The van der Waals surface area contributed by atoms with Crippen molar-refractivity contribution in [3.05, 3.63) is 134 Å². The minimum Gasteiger partial charge on any atom is -0.254 e. The lowest BCUT2D eigenvalue weighted by Gasteiger charge is -2.11. The van der Waals surface area contributed by atoms with E-state index in [1.807, 2.05) is 24.4 Å². The molecule has 0 aliphatic carbocycles. The maximum absolute atomic E-state index is 5.13. The van der Waals surface area contributed by atoms with Gasteiger partial charge in [0.05, 0.1) is 27.9 Å². The molecule has 8 aromatic rings. The van der Waals surface area contributed by atoms with Crippen molar-refractivity contribution in [3.8, 4) is 33.9 Å². The Morgan fingerprint density at radius 1 is 0.425 bits per heavy atom. The third kappa shape index (κ3) is 3.77. The fourth-order valence-electron chi connectivity index (χ4n) is 5.46. The average Bonchev–Trinajstić information content (AvgIpc) is 3.03. The molecule has 0 N–H and O–H groups in total. The Hall–Kier alpha value is -5.48. The van der Waals surface area contributed by atoms with Gasteiger partial charge in [0.2, 0.25) is 0 Å². The molecular weight excluding hydrogens is 488 g/mol. The molecule has 0 unspecified atom stereocenters. The van der Waals surface area contributed by atoms with E-state index >= 15 is 0 Å². The van der Waals surface area contributed by atoms with Crippen molar-refractivity contribution in [1.82, 2.24) is 19.9 Å². The molecule has 0 aliphatic heterocycles. The molecule has 0 bridgehead atoms. The fourth-order valence-corrected chi connectivity index (χ4v) is 5.46. The number of hydrogen-bond acceptors (Lipinski definition) is 4. The van der Waals surface area contributed by atoms with Crippen molar-refractivity contribution < 1.29 is 0 Å². The first-order valence-electron chi connectivity index (χ1n) is 13.3. The molecule has 5 aromatic carbocycles. The van der Waals surface area contributed by atoms with Gasteiger partial charge in [-0.3, -0.25) is 4.98 Å². The van der Waals surface area contributed by atoms with E-state index in [4.69, 9.17) is 15.0 Å². The summed E-state index contributed by atoms with van der Waals surface area (Å²) < 4.78 is 0. The Morgan fingerprint density at radius 2 is 1.18 bits per heavy atom. The zero-order chi connectivity index (χ0) is 26.5. The smallest absolute Gasteiger partial charge is 0.160 e. The predicted octanol–water partition coefficient (Wildman–Crippen LogP) is 8.88. The van der Waals surface area contributed by atoms with Crippen LogP contribution in [0, 0.1) is 0 Å². The Morgan fingerprint density at radius 3 is 2.12 bits per heavy atom. The largest absolute Gasteiger partial charge is 0.254 e. The summed E-state index contributed by atoms with van der Waals surface area (Å²) in [6.45, 7) is 0. The van der Waals surface area contributed by atoms with Gasteiger partial charge in [-0.25, -0.2) is 15.0 Å². The number of nitrogens with zero attached hydrogens (tertiary/aromatic N) is 4. The minimum absolute atomic E-state index is 0.714. The molecule has 0 atom stereocenters. The van der Waals surface area contributed by atoms with Gasteiger partial charge < -0.3 is 0 Å². The van der Waals surface area contributed by atoms with Crippen molar-refractivity contribution >= 4 is 43.5 Å². The Kier molecular flexibility index (Phi) is 5.10. The van der Waals surface area contributed by atoms with Gasteiger partial charge in [-0.2, -0.15) is 0 Å². The monoisotopic (exact) mass is 510 g/mol. The average molecular weight is 511 g/mol. The van der Waals surface area contributed by atoms with Crippen LogP contribution < -0.4 is 0 Å². The number of rotatable bonds is 3. The van der Waals surface area contributed by atoms with Crippen LogP contribution in [0.4, 0.5) is 0 Å². The third-order valence-electron chi connectivity index (χ3n) is 7.47. The maximum atomic E-state index is 5.13. The molecule has 186 valence electrons. The summed E-state index contributed by atoms with van der Waals surface area (Å²) in [5, 5.41) is 5.55. The number of fused-ring (bicyclic) bond motifs is 5. The number of para-hydroxylation sites is 1. The van der Waals surface area contributed by atoms with Gasteiger partial charge in [0.25, 0.3) is 0 Å². The molecule has 40 heavy (non-hydrogen) atoms. The van der Waals surface area contributed by atoms with E-state index in [1.165, 1.54) is 10.8 Å². The van der Waals surface area contributed by atoms with E-state index in [9.17, 15) is 0 Å². The number of pyridine rings is 2. The van der Waals surface area contributed by atoms with E-state index in [0.29, 0.717) is 5.82 Å². The van der Waals surface area contributed by atoms with Crippen LogP contribution in [0.5, 0.6) is 0 Å². The van der Waals surface area contributed by atoms with Gasteiger partial charge in [0.15, 0.2) is 5.82 Å². The Labute approximate surface area is 230 Å². The minimum atomic E-state index is 0.714.